The van der Waals surface area contributed by atoms with Crippen molar-refractivity contribution in [3.05, 3.63) is 88.4 Å². The summed E-state index contributed by atoms with van der Waals surface area (Å²) in [6, 6.07) is 14.0. The van der Waals surface area contributed by atoms with E-state index >= 15 is 0 Å². The summed E-state index contributed by atoms with van der Waals surface area (Å²) in [6.45, 7) is 4.02. The van der Waals surface area contributed by atoms with Crippen LogP contribution in [0.1, 0.15) is 35.9 Å². The highest BCUT2D eigenvalue weighted by Crippen LogP contribution is 2.35. The summed E-state index contributed by atoms with van der Waals surface area (Å²) in [5.74, 6) is -2.12. The summed E-state index contributed by atoms with van der Waals surface area (Å²) in [6.07, 6.45) is -0.293. The first-order valence-electron chi connectivity index (χ1n) is 10.4. The zero-order valence-electron chi connectivity index (χ0n) is 18.7. The molecule has 0 bridgehead atoms. The standard InChI is InChI=1S/C25H23ClF2N2O4/c1-14(2)23(15-7-10-17(33-3)11-8-15)34-21-12-9-16(13-18(21)26)29-25(32)30-24(31)22-19(27)5-4-6-20(22)28/h4-14,23H,1-3H3,(H2,29,30,31,32). The van der Waals surface area contributed by atoms with E-state index in [1.807, 2.05) is 43.4 Å². The average Bonchev–Trinajstić information content (AvgIpc) is 2.78. The number of hydrogen-bond acceptors (Lipinski definition) is 4. The van der Waals surface area contributed by atoms with Crippen molar-refractivity contribution >= 4 is 29.2 Å². The number of methoxy groups -OCH3 is 1. The van der Waals surface area contributed by atoms with Crippen LogP contribution >= 0.6 is 11.6 Å². The van der Waals surface area contributed by atoms with Crippen molar-refractivity contribution in [3.8, 4) is 11.5 Å². The first-order chi connectivity index (χ1) is 16.2. The summed E-state index contributed by atoms with van der Waals surface area (Å²) >= 11 is 6.36. The predicted molar refractivity (Wildman–Crippen MR) is 125 cm³/mol. The number of benzene rings is 3. The molecular weight excluding hydrogens is 466 g/mol. The van der Waals surface area contributed by atoms with Crippen LogP contribution in [0.15, 0.2) is 60.7 Å². The lowest BCUT2D eigenvalue weighted by molar-refractivity contribution is 0.0959. The molecule has 6 nitrogen and oxygen atoms in total. The average molecular weight is 489 g/mol. The third-order valence-corrected chi connectivity index (χ3v) is 5.21. The minimum absolute atomic E-state index is 0.123. The monoisotopic (exact) mass is 488 g/mol. The highest BCUT2D eigenvalue weighted by molar-refractivity contribution is 6.32. The summed E-state index contributed by atoms with van der Waals surface area (Å²) in [7, 11) is 1.59. The van der Waals surface area contributed by atoms with Gasteiger partial charge in [-0.3, -0.25) is 10.1 Å². The van der Waals surface area contributed by atoms with E-state index in [9.17, 15) is 18.4 Å². The minimum Gasteiger partial charge on any atom is -0.497 e. The molecule has 0 aromatic heterocycles. The van der Waals surface area contributed by atoms with Crippen LogP contribution in [0.25, 0.3) is 0 Å². The third kappa shape index (κ3) is 6.02. The number of anilines is 1. The van der Waals surface area contributed by atoms with Crippen molar-refractivity contribution in [2.75, 3.05) is 12.4 Å². The normalized spacial score (nSPS) is 11.6. The number of rotatable bonds is 7. The van der Waals surface area contributed by atoms with Crippen LogP contribution in [0.3, 0.4) is 0 Å². The lowest BCUT2D eigenvalue weighted by Crippen LogP contribution is -2.35. The fourth-order valence-corrected chi connectivity index (χ4v) is 3.46. The Hall–Kier alpha value is -3.65. The Kier molecular flexibility index (Phi) is 8.07. The second-order valence-corrected chi connectivity index (χ2v) is 8.11. The third-order valence-electron chi connectivity index (χ3n) is 4.91. The van der Waals surface area contributed by atoms with Crippen molar-refractivity contribution in [1.29, 1.82) is 0 Å². The molecule has 0 saturated heterocycles. The van der Waals surface area contributed by atoms with Crippen molar-refractivity contribution < 1.29 is 27.8 Å². The molecule has 1 unspecified atom stereocenters. The van der Waals surface area contributed by atoms with Gasteiger partial charge in [0.15, 0.2) is 0 Å². The van der Waals surface area contributed by atoms with Gasteiger partial charge in [-0.15, -0.1) is 0 Å². The molecule has 9 heteroatoms. The number of carbonyl (C=O) groups is 2. The maximum atomic E-state index is 13.7. The quantitative estimate of drug-likeness (QED) is 0.405. The van der Waals surface area contributed by atoms with Gasteiger partial charge in [-0.1, -0.05) is 43.6 Å². The van der Waals surface area contributed by atoms with Gasteiger partial charge < -0.3 is 14.8 Å². The number of carbonyl (C=O) groups excluding carboxylic acids is 2. The van der Waals surface area contributed by atoms with Crippen LogP contribution in [-0.2, 0) is 0 Å². The van der Waals surface area contributed by atoms with Crippen molar-refractivity contribution in [3.63, 3.8) is 0 Å². The van der Waals surface area contributed by atoms with Gasteiger partial charge in [0, 0.05) is 5.69 Å². The molecule has 0 heterocycles. The molecule has 0 fully saturated rings. The van der Waals surface area contributed by atoms with Crippen LogP contribution in [0.2, 0.25) is 5.02 Å². The SMILES string of the molecule is COc1ccc(C(Oc2ccc(NC(=O)NC(=O)c3c(F)cccc3F)cc2Cl)C(C)C)cc1. The fraction of sp³-hybridized carbons (Fsp3) is 0.200. The van der Waals surface area contributed by atoms with Gasteiger partial charge in [-0.2, -0.15) is 0 Å². The minimum atomic E-state index is -1.21. The molecule has 3 aromatic rings. The molecular formula is C25H23ClF2N2O4. The topological polar surface area (TPSA) is 76.7 Å². The van der Waals surface area contributed by atoms with Gasteiger partial charge >= 0.3 is 6.03 Å². The molecule has 178 valence electrons. The van der Waals surface area contributed by atoms with E-state index in [1.54, 1.807) is 13.2 Å². The van der Waals surface area contributed by atoms with Crippen LogP contribution in [-0.4, -0.2) is 19.0 Å². The molecule has 0 aliphatic heterocycles. The summed E-state index contributed by atoms with van der Waals surface area (Å²) < 4.78 is 38.8. The number of amides is 3. The highest BCUT2D eigenvalue weighted by atomic mass is 35.5. The van der Waals surface area contributed by atoms with E-state index in [4.69, 9.17) is 21.1 Å². The Balaban J connectivity index is 1.69. The lowest BCUT2D eigenvalue weighted by atomic mass is 9.99. The van der Waals surface area contributed by atoms with E-state index in [1.165, 1.54) is 12.1 Å². The van der Waals surface area contributed by atoms with E-state index in [0.717, 1.165) is 29.5 Å². The molecule has 0 aliphatic rings. The van der Waals surface area contributed by atoms with E-state index in [0.29, 0.717) is 5.75 Å². The molecule has 0 aliphatic carbocycles. The van der Waals surface area contributed by atoms with E-state index in [-0.39, 0.29) is 22.7 Å². The lowest BCUT2D eigenvalue weighted by Gasteiger charge is -2.24. The number of nitrogens with one attached hydrogen (secondary N) is 2. The van der Waals surface area contributed by atoms with Crippen LogP contribution in [0.4, 0.5) is 19.3 Å². The van der Waals surface area contributed by atoms with Gasteiger partial charge in [0.05, 0.1) is 12.1 Å². The highest BCUT2D eigenvalue weighted by Gasteiger charge is 2.21. The molecule has 3 amide bonds. The first kappa shape index (κ1) is 25.0. The second kappa shape index (κ2) is 11.0. The Morgan fingerprint density at radius 1 is 0.971 bits per heavy atom. The van der Waals surface area contributed by atoms with Crippen molar-refractivity contribution in [2.24, 2.45) is 5.92 Å². The van der Waals surface area contributed by atoms with Crippen LogP contribution in [0.5, 0.6) is 11.5 Å². The maximum absolute atomic E-state index is 13.7. The van der Waals surface area contributed by atoms with Gasteiger partial charge in [-0.25, -0.2) is 13.6 Å². The molecule has 3 aromatic carbocycles. The number of ether oxygens (including phenoxy) is 2. The zero-order valence-corrected chi connectivity index (χ0v) is 19.5. The molecule has 0 spiro atoms. The van der Waals surface area contributed by atoms with Gasteiger partial charge in [-0.05, 0) is 53.9 Å². The maximum Gasteiger partial charge on any atom is 0.326 e. The Morgan fingerprint density at radius 3 is 2.18 bits per heavy atom. The Bertz CT molecular complexity index is 1170. The number of urea groups is 1. The summed E-state index contributed by atoms with van der Waals surface area (Å²) in [5, 5.41) is 4.51. The number of imide groups is 1. The van der Waals surface area contributed by atoms with Gasteiger partial charge in [0.2, 0.25) is 0 Å². The molecule has 34 heavy (non-hydrogen) atoms. The first-order valence-corrected chi connectivity index (χ1v) is 10.7. The molecule has 1 atom stereocenters. The Labute approximate surface area is 200 Å². The predicted octanol–water partition coefficient (Wildman–Crippen LogP) is 6.36. The Morgan fingerprint density at radius 2 is 1.62 bits per heavy atom. The number of hydrogen-bond donors (Lipinski definition) is 2. The molecule has 0 saturated carbocycles. The number of halogens is 3. The smallest absolute Gasteiger partial charge is 0.326 e. The van der Waals surface area contributed by atoms with Crippen molar-refractivity contribution in [2.45, 2.75) is 20.0 Å². The van der Waals surface area contributed by atoms with Crippen LogP contribution < -0.4 is 20.1 Å². The van der Waals surface area contributed by atoms with Gasteiger partial charge in [0.1, 0.15) is 34.8 Å². The fourth-order valence-electron chi connectivity index (χ4n) is 3.24. The summed E-state index contributed by atoms with van der Waals surface area (Å²) in [5.41, 5.74) is 0.340. The zero-order chi connectivity index (χ0) is 24.8. The second-order valence-electron chi connectivity index (χ2n) is 7.71. The van der Waals surface area contributed by atoms with E-state index < -0.39 is 29.1 Å². The molecule has 0 radical (unpaired) electrons. The molecule has 3 rings (SSSR count). The summed E-state index contributed by atoms with van der Waals surface area (Å²) in [4.78, 5) is 24.2. The van der Waals surface area contributed by atoms with Gasteiger partial charge in [0.25, 0.3) is 5.91 Å². The molecule has 2 N–H and O–H groups in total. The van der Waals surface area contributed by atoms with E-state index in [2.05, 4.69) is 5.32 Å². The largest absolute Gasteiger partial charge is 0.497 e. The van der Waals surface area contributed by atoms with Crippen molar-refractivity contribution in [1.82, 2.24) is 5.32 Å². The van der Waals surface area contributed by atoms with Crippen LogP contribution in [0, 0.1) is 17.6 Å².